The van der Waals surface area contributed by atoms with Gasteiger partial charge in [0.25, 0.3) is 5.91 Å². The molecule has 5 heteroatoms. The summed E-state index contributed by atoms with van der Waals surface area (Å²) in [6.07, 6.45) is 1.59. The number of amides is 1. The number of nitrogens with one attached hydrogen (secondary N) is 1. The second-order valence-electron chi connectivity index (χ2n) is 4.85. The van der Waals surface area contributed by atoms with Gasteiger partial charge in [0.2, 0.25) is 0 Å². The van der Waals surface area contributed by atoms with Gasteiger partial charge in [0.05, 0.1) is 11.8 Å². The van der Waals surface area contributed by atoms with Gasteiger partial charge >= 0.3 is 0 Å². The predicted molar refractivity (Wildman–Crippen MR) is 79.6 cm³/mol. The standard InChI is InChI=1S/C16H14N2O3/c1-10(19)11-3-5-12(6-4-11)17-16(20)14-9-15-13(18(14)2)7-8-21-15/h3-9H,1-2H3,(H,17,20). The number of nitrogens with zero attached hydrogens (tertiary/aromatic N) is 1. The van der Waals surface area contributed by atoms with Crippen molar-refractivity contribution in [2.75, 3.05) is 5.32 Å². The van der Waals surface area contributed by atoms with E-state index in [1.165, 1.54) is 6.92 Å². The number of hydrogen-bond acceptors (Lipinski definition) is 3. The highest BCUT2D eigenvalue weighted by atomic mass is 16.3. The van der Waals surface area contributed by atoms with Crippen molar-refractivity contribution in [2.24, 2.45) is 7.05 Å². The Morgan fingerprint density at radius 2 is 1.86 bits per heavy atom. The van der Waals surface area contributed by atoms with Crippen LogP contribution in [-0.4, -0.2) is 16.3 Å². The summed E-state index contributed by atoms with van der Waals surface area (Å²) in [6.45, 7) is 1.51. The van der Waals surface area contributed by atoms with E-state index in [2.05, 4.69) is 5.32 Å². The van der Waals surface area contributed by atoms with E-state index in [0.29, 0.717) is 22.5 Å². The molecule has 5 nitrogen and oxygen atoms in total. The number of aryl methyl sites for hydroxylation is 1. The maximum absolute atomic E-state index is 12.3. The fourth-order valence-electron chi connectivity index (χ4n) is 2.25. The summed E-state index contributed by atoms with van der Waals surface area (Å²) in [4.78, 5) is 23.5. The van der Waals surface area contributed by atoms with Gasteiger partial charge in [0.15, 0.2) is 11.4 Å². The highest BCUT2D eigenvalue weighted by Crippen LogP contribution is 2.20. The first-order chi connectivity index (χ1) is 10.1. The van der Waals surface area contributed by atoms with Crippen molar-refractivity contribution in [3.8, 4) is 0 Å². The highest BCUT2D eigenvalue weighted by Gasteiger charge is 2.15. The smallest absolute Gasteiger partial charge is 0.272 e. The molecule has 2 heterocycles. The van der Waals surface area contributed by atoms with Crippen LogP contribution in [0.15, 0.2) is 47.1 Å². The Morgan fingerprint density at radius 1 is 1.14 bits per heavy atom. The van der Waals surface area contributed by atoms with Crippen LogP contribution in [0.3, 0.4) is 0 Å². The van der Waals surface area contributed by atoms with Crippen LogP contribution in [0.25, 0.3) is 11.1 Å². The Balaban J connectivity index is 1.84. The van der Waals surface area contributed by atoms with Crippen molar-refractivity contribution in [3.05, 3.63) is 53.9 Å². The summed E-state index contributed by atoms with van der Waals surface area (Å²) in [5, 5.41) is 2.80. The van der Waals surface area contributed by atoms with Crippen LogP contribution in [0.5, 0.6) is 0 Å². The molecule has 0 unspecified atom stereocenters. The van der Waals surface area contributed by atoms with Crippen LogP contribution >= 0.6 is 0 Å². The normalized spacial score (nSPS) is 10.8. The molecule has 0 saturated carbocycles. The third-order valence-electron chi connectivity index (χ3n) is 3.45. The van der Waals surface area contributed by atoms with Gasteiger partial charge in [0.1, 0.15) is 5.69 Å². The van der Waals surface area contributed by atoms with Gasteiger partial charge in [-0.05, 0) is 31.2 Å². The van der Waals surface area contributed by atoms with Crippen molar-refractivity contribution < 1.29 is 14.0 Å². The van der Waals surface area contributed by atoms with Crippen LogP contribution < -0.4 is 5.32 Å². The molecule has 0 aliphatic carbocycles. The molecule has 3 rings (SSSR count). The van der Waals surface area contributed by atoms with Gasteiger partial charge in [-0.25, -0.2) is 0 Å². The summed E-state index contributed by atoms with van der Waals surface area (Å²) in [7, 11) is 1.81. The van der Waals surface area contributed by atoms with Gasteiger partial charge in [-0.15, -0.1) is 0 Å². The lowest BCUT2D eigenvalue weighted by Gasteiger charge is -2.06. The molecule has 0 saturated heterocycles. The Morgan fingerprint density at radius 3 is 2.48 bits per heavy atom. The molecule has 0 aliphatic heterocycles. The van der Waals surface area contributed by atoms with Gasteiger partial charge in [-0.3, -0.25) is 9.59 Å². The van der Waals surface area contributed by atoms with E-state index in [0.717, 1.165) is 5.52 Å². The zero-order chi connectivity index (χ0) is 15.0. The van der Waals surface area contributed by atoms with Crippen LogP contribution in [0, 0.1) is 0 Å². The molecule has 0 fully saturated rings. The van der Waals surface area contributed by atoms with Crippen LogP contribution in [0.4, 0.5) is 5.69 Å². The molecule has 1 aromatic carbocycles. The lowest BCUT2D eigenvalue weighted by Crippen LogP contribution is -2.15. The molecule has 0 bridgehead atoms. The number of Topliss-reactive ketones (excluding diaryl/α,β-unsaturated/α-hetero) is 1. The van der Waals surface area contributed by atoms with E-state index in [9.17, 15) is 9.59 Å². The average Bonchev–Trinajstić information content (AvgIpc) is 3.03. The van der Waals surface area contributed by atoms with E-state index >= 15 is 0 Å². The second-order valence-corrected chi connectivity index (χ2v) is 4.85. The zero-order valence-corrected chi connectivity index (χ0v) is 11.7. The lowest BCUT2D eigenvalue weighted by molar-refractivity contribution is 0.101. The van der Waals surface area contributed by atoms with Crippen molar-refractivity contribution in [1.82, 2.24) is 4.57 Å². The molecular formula is C16H14N2O3. The largest absolute Gasteiger partial charge is 0.463 e. The van der Waals surface area contributed by atoms with Gasteiger partial charge in [-0.2, -0.15) is 0 Å². The summed E-state index contributed by atoms with van der Waals surface area (Å²) in [5.74, 6) is -0.227. The van der Waals surface area contributed by atoms with Crippen LogP contribution in [0.2, 0.25) is 0 Å². The number of furan rings is 1. The summed E-state index contributed by atoms with van der Waals surface area (Å²) in [5.41, 5.74) is 3.31. The molecule has 106 valence electrons. The maximum Gasteiger partial charge on any atom is 0.272 e. The number of carbonyl (C=O) groups excluding carboxylic acids is 2. The van der Waals surface area contributed by atoms with E-state index in [-0.39, 0.29) is 11.7 Å². The second kappa shape index (κ2) is 4.94. The van der Waals surface area contributed by atoms with E-state index < -0.39 is 0 Å². The summed E-state index contributed by atoms with van der Waals surface area (Å²) >= 11 is 0. The molecular weight excluding hydrogens is 268 g/mol. The van der Waals surface area contributed by atoms with Gasteiger partial charge in [-0.1, -0.05) is 0 Å². The monoisotopic (exact) mass is 282 g/mol. The SMILES string of the molecule is CC(=O)c1ccc(NC(=O)c2cc3occc3n2C)cc1. The number of ketones is 1. The number of hydrogen-bond donors (Lipinski definition) is 1. The van der Waals surface area contributed by atoms with Crippen molar-refractivity contribution in [3.63, 3.8) is 0 Å². The minimum absolute atomic E-state index is 0.00401. The molecule has 0 radical (unpaired) electrons. The van der Waals surface area contributed by atoms with E-state index in [4.69, 9.17) is 4.42 Å². The third-order valence-corrected chi connectivity index (χ3v) is 3.45. The first-order valence-electron chi connectivity index (χ1n) is 6.51. The first-order valence-corrected chi connectivity index (χ1v) is 6.51. The molecule has 3 aromatic rings. The Labute approximate surface area is 121 Å². The summed E-state index contributed by atoms with van der Waals surface area (Å²) < 4.78 is 7.06. The lowest BCUT2D eigenvalue weighted by atomic mass is 10.1. The number of fused-ring (bicyclic) bond motifs is 1. The van der Waals surface area contributed by atoms with Crippen LogP contribution in [0.1, 0.15) is 27.8 Å². The highest BCUT2D eigenvalue weighted by molar-refractivity contribution is 6.06. The number of benzene rings is 1. The quantitative estimate of drug-likeness (QED) is 0.750. The molecule has 1 amide bonds. The number of rotatable bonds is 3. The molecule has 0 aliphatic rings. The van der Waals surface area contributed by atoms with E-state index in [1.54, 1.807) is 41.2 Å². The Hall–Kier alpha value is -2.82. The Bertz CT molecular complexity index is 825. The zero-order valence-electron chi connectivity index (χ0n) is 11.7. The molecule has 2 aromatic heterocycles. The van der Waals surface area contributed by atoms with Crippen LogP contribution in [-0.2, 0) is 7.05 Å². The van der Waals surface area contributed by atoms with Crippen molar-refractivity contribution >= 4 is 28.5 Å². The maximum atomic E-state index is 12.3. The van der Waals surface area contributed by atoms with Crippen molar-refractivity contribution in [2.45, 2.75) is 6.92 Å². The first kappa shape index (κ1) is 13.2. The Kier molecular flexibility index (Phi) is 3.10. The minimum atomic E-state index is -0.223. The average molecular weight is 282 g/mol. The minimum Gasteiger partial charge on any atom is -0.463 e. The predicted octanol–water partition coefficient (Wildman–Crippen LogP) is 3.23. The number of anilines is 1. The topological polar surface area (TPSA) is 64.2 Å². The number of aromatic nitrogens is 1. The summed E-state index contributed by atoms with van der Waals surface area (Å²) in [6, 6.07) is 10.3. The molecule has 1 N–H and O–H groups in total. The third kappa shape index (κ3) is 2.33. The van der Waals surface area contributed by atoms with Crippen molar-refractivity contribution in [1.29, 1.82) is 0 Å². The molecule has 0 atom stereocenters. The van der Waals surface area contributed by atoms with Gasteiger partial charge < -0.3 is 14.3 Å². The molecule has 0 spiro atoms. The fraction of sp³-hybridized carbons (Fsp3) is 0.125. The van der Waals surface area contributed by atoms with Gasteiger partial charge in [0, 0.05) is 30.4 Å². The van der Waals surface area contributed by atoms with E-state index in [1.807, 2.05) is 13.1 Å². The molecule has 21 heavy (non-hydrogen) atoms. The number of carbonyl (C=O) groups is 2. The fourth-order valence-corrected chi connectivity index (χ4v) is 2.25.